The number of rotatable bonds is 2. The van der Waals surface area contributed by atoms with Gasteiger partial charge in [-0.05, 0) is 12.1 Å². The average Bonchev–Trinajstić information content (AvgIpc) is 2.84. The highest BCUT2D eigenvalue weighted by Crippen LogP contribution is 2.23. The molecule has 96 valence electrons. The maximum absolute atomic E-state index is 12.1. The molecule has 2 heterocycles. The maximum atomic E-state index is 12.1. The Bertz CT molecular complexity index is 707. The van der Waals surface area contributed by atoms with Gasteiger partial charge in [-0.25, -0.2) is 0 Å². The lowest BCUT2D eigenvalue weighted by atomic mass is 10.1. The molecule has 1 aromatic carbocycles. The minimum absolute atomic E-state index is 0.0719. The minimum Gasteiger partial charge on any atom is -0.298 e. The molecule has 0 saturated heterocycles. The third-order valence-corrected chi connectivity index (χ3v) is 3.15. The Morgan fingerprint density at radius 1 is 1.05 bits per heavy atom. The molecule has 1 aromatic heterocycles. The Kier molecular flexibility index (Phi) is 2.38. The van der Waals surface area contributed by atoms with Crippen molar-refractivity contribution in [2.75, 3.05) is 0 Å². The van der Waals surface area contributed by atoms with Crippen LogP contribution in [0.15, 0.2) is 35.1 Å². The lowest BCUT2D eigenvalue weighted by molar-refractivity contribution is 0.0640. The van der Waals surface area contributed by atoms with Gasteiger partial charge in [-0.15, -0.1) is 0 Å². The van der Waals surface area contributed by atoms with Crippen LogP contribution in [0.4, 0.5) is 0 Å². The molecule has 6 nitrogen and oxygen atoms in total. The Balaban J connectivity index is 1.94. The van der Waals surface area contributed by atoms with Crippen LogP contribution in [0, 0.1) is 0 Å². The summed E-state index contributed by atoms with van der Waals surface area (Å²) in [5, 5.41) is 2.80. The molecule has 0 bridgehead atoms. The topological polar surface area (TPSA) is 75.2 Å². The Hall–Kier alpha value is -2.63. The van der Waals surface area contributed by atoms with Gasteiger partial charge < -0.3 is 0 Å². The van der Waals surface area contributed by atoms with E-state index < -0.39 is 0 Å². The lowest BCUT2D eigenvalue weighted by Crippen LogP contribution is -2.29. The van der Waals surface area contributed by atoms with Gasteiger partial charge in [0.1, 0.15) is 0 Å². The zero-order chi connectivity index (χ0) is 13.6. The zero-order valence-electron chi connectivity index (χ0n) is 10.2. The number of hydrogen-bond donors (Lipinski definition) is 1. The lowest BCUT2D eigenvalue weighted by Gasteiger charge is -2.11. The standard InChI is InChI=1S/C13H11N3O3/c1-15-11(17)6-8(14-15)7-16-12(18)9-4-2-3-5-10(9)13(16)19/h2-6,14H,7H2,1H3. The van der Waals surface area contributed by atoms with Crippen molar-refractivity contribution in [3.05, 3.63) is 57.5 Å². The number of amides is 2. The van der Waals surface area contributed by atoms with Crippen LogP contribution >= 0.6 is 0 Å². The number of aromatic nitrogens is 2. The number of aromatic amines is 1. The summed E-state index contributed by atoms with van der Waals surface area (Å²) in [5.74, 6) is -0.657. The second-order valence-corrected chi connectivity index (χ2v) is 4.42. The molecule has 19 heavy (non-hydrogen) atoms. The monoisotopic (exact) mass is 257 g/mol. The normalized spacial score (nSPS) is 14.1. The molecule has 1 aliphatic heterocycles. The van der Waals surface area contributed by atoms with E-state index in [1.165, 1.54) is 10.7 Å². The van der Waals surface area contributed by atoms with Crippen molar-refractivity contribution >= 4 is 11.8 Å². The van der Waals surface area contributed by atoms with Crippen LogP contribution < -0.4 is 5.56 Å². The number of benzene rings is 1. The molecule has 3 rings (SSSR count). The van der Waals surface area contributed by atoms with E-state index >= 15 is 0 Å². The van der Waals surface area contributed by atoms with E-state index in [0.717, 1.165) is 4.90 Å². The highest BCUT2D eigenvalue weighted by molar-refractivity contribution is 6.21. The van der Waals surface area contributed by atoms with Crippen molar-refractivity contribution in [2.24, 2.45) is 7.05 Å². The molecule has 6 heteroatoms. The van der Waals surface area contributed by atoms with Gasteiger partial charge in [0.05, 0.1) is 23.4 Å². The van der Waals surface area contributed by atoms with Gasteiger partial charge >= 0.3 is 0 Å². The van der Waals surface area contributed by atoms with E-state index in [-0.39, 0.29) is 23.9 Å². The van der Waals surface area contributed by atoms with Crippen LogP contribution in [0.25, 0.3) is 0 Å². The first-order chi connectivity index (χ1) is 9.08. The van der Waals surface area contributed by atoms with Crippen LogP contribution in [0.5, 0.6) is 0 Å². The van der Waals surface area contributed by atoms with Crippen LogP contribution in [0.1, 0.15) is 26.4 Å². The SMILES string of the molecule is Cn1[nH]c(CN2C(=O)c3ccccc3C2=O)cc1=O. The molecule has 0 radical (unpaired) electrons. The van der Waals surface area contributed by atoms with Crippen LogP contribution in [-0.4, -0.2) is 26.5 Å². The molecule has 0 saturated carbocycles. The summed E-state index contributed by atoms with van der Waals surface area (Å²) < 4.78 is 1.30. The molecular formula is C13H11N3O3. The number of carbonyl (C=O) groups is 2. The molecule has 0 aliphatic carbocycles. The van der Waals surface area contributed by atoms with Gasteiger partial charge in [-0.2, -0.15) is 0 Å². The quantitative estimate of drug-likeness (QED) is 0.796. The second-order valence-electron chi connectivity index (χ2n) is 4.42. The fraction of sp³-hybridized carbons (Fsp3) is 0.154. The number of imide groups is 1. The molecule has 2 amide bonds. The van der Waals surface area contributed by atoms with E-state index in [4.69, 9.17) is 0 Å². The van der Waals surface area contributed by atoms with E-state index in [1.807, 2.05) is 0 Å². The number of carbonyl (C=O) groups excluding carboxylic acids is 2. The predicted molar refractivity (Wildman–Crippen MR) is 66.7 cm³/mol. The minimum atomic E-state index is -0.328. The largest absolute Gasteiger partial charge is 0.298 e. The van der Waals surface area contributed by atoms with Crippen molar-refractivity contribution in [1.82, 2.24) is 14.7 Å². The summed E-state index contributed by atoms with van der Waals surface area (Å²) in [7, 11) is 1.58. The van der Waals surface area contributed by atoms with E-state index in [9.17, 15) is 14.4 Å². The molecule has 0 fully saturated rings. The molecule has 0 unspecified atom stereocenters. The van der Waals surface area contributed by atoms with Gasteiger partial charge in [0, 0.05) is 13.1 Å². The van der Waals surface area contributed by atoms with E-state index in [0.29, 0.717) is 16.8 Å². The fourth-order valence-electron chi connectivity index (χ4n) is 2.18. The van der Waals surface area contributed by atoms with E-state index in [1.54, 1.807) is 31.3 Å². The first-order valence-electron chi connectivity index (χ1n) is 5.78. The summed E-state index contributed by atoms with van der Waals surface area (Å²) in [6.45, 7) is 0.0719. The number of H-pyrrole nitrogens is 1. The van der Waals surface area contributed by atoms with E-state index in [2.05, 4.69) is 5.10 Å². The fourth-order valence-corrected chi connectivity index (χ4v) is 2.18. The Labute approximate surface area is 108 Å². The number of nitrogens with one attached hydrogen (secondary N) is 1. The summed E-state index contributed by atoms with van der Waals surface area (Å²) >= 11 is 0. The smallest absolute Gasteiger partial charge is 0.266 e. The summed E-state index contributed by atoms with van der Waals surface area (Å²) in [5.41, 5.74) is 1.14. The van der Waals surface area contributed by atoms with Crippen molar-refractivity contribution in [3.8, 4) is 0 Å². The second kappa shape index (κ2) is 3.94. The van der Waals surface area contributed by atoms with Gasteiger partial charge in [-0.1, -0.05) is 12.1 Å². The van der Waals surface area contributed by atoms with Crippen molar-refractivity contribution in [3.63, 3.8) is 0 Å². The van der Waals surface area contributed by atoms with Crippen LogP contribution in [0.2, 0.25) is 0 Å². The third kappa shape index (κ3) is 1.69. The first-order valence-corrected chi connectivity index (χ1v) is 5.78. The van der Waals surface area contributed by atoms with Crippen molar-refractivity contribution < 1.29 is 9.59 Å². The number of fused-ring (bicyclic) bond motifs is 1. The molecule has 2 aromatic rings. The number of aryl methyl sites for hydroxylation is 1. The molecule has 1 N–H and O–H groups in total. The first kappa shape index (κ1) is 11.5. The summed E-state index contributed by atoms with van der Waals surface area (Å²) in [6, 6.07) is 8.08. The van der Waals surface area contributed by atoms with Crippen LogP contribution in [-0.2, 0) is 13.6 Å². The highest BCUT2D eigenvalue weighted by Gasteiger charge is 2.35. The summed E-state index contributed by atoms with van der Waals surface area (Å²) in [6.07, 6.45) is 0. The molecule has 0 atom stereocenters. The number of nitrogens with zero attached hydrogens (tertiary/aromatic N) is 2. The zero-order valence-corrected chi connectivity index (χ0v) is 10.2. The summed E-state index contributed by atoms with van der Waals surface area (Å²) in [4.78, 5) is 36.7. The maximum Gasteiger partial charge on any atom is 0.266 e. The average molecular weight is 257 g/mol. The molecular weight excluding hydrogens is 246 g/mol. The predicted octanol–water partition coefficient (Wildman–Crippen LogP) is 0.510. The molecule has 0 spiro atoms. The number of hydrogen-bond acceptors (Lipinski definition) is 3. The van der Waals surface area contributed by atoms with Gasteiger partial charge in [0.2, 0.25) is 0 Å². The third-order valence-electron chi connectivity index (χ3n) is 3.15. The van der Waals surface area contributed by atoms with Crippen LogP contribution in [0.3, 0.4) is 0 Å². The Morgan fingerprint density at radius 2 is 1.63 bits per heavy atom. The molecule has 1 aliphatic rings. The van der Waals surface area contributed by atoms with Crippen molar-refractivity contribution in [1.29, 1.82) is 0 Å². The van der Waals surface area contributed by atoms with Gasteiger partial charge in [0.15, 0.2) is 0 Å². The van der Waals surface area contributed by atoms with Gasteiger partial charge in [-0.3, -0.25) is 29.1 Å². The van der Waals surface area contributed by atoms with Crippen molar-refractivity contribution in [2.45, 2.75) is 6.54 Å². The van der Waals surface area contributed by atoms with Gasteiger partial charge in [0.25, 0.3) is 17.4 Å². The Morgan fingerprint density at radius 3 is 2.11 bits per heavy atom. The highest BCUT2D eigenvalue weighted by atomic mass is 16.2.